The van der Waals surface area contributed by atoms with E-state index in [0.717, 1.165) is 12.1 Å². The molecular formula is C8H14BN. The van der Waals surface area contributed by atoms with Gasteiger partial charge in [0, 0.05) is 11.9 Å². The normalized spacial score (nSPS) is 8.60. The lowest BCUT2D eigenvalue weighted by atomic mass is 10.2. The standard InChI is InChI=1S/C8H11N.BH3/c1-3-8-5-4-6-9-7(8)2;/h4-6H,3H2,1-2H3;1H3. The minimum absolute atomic E-state index is 0. The third-order valence-corrected chi connectivity index (χ3v) is 1.50. The Morgan fingerprint density at radius 3 is 2.60 bits per heavy atom. The van der Waals surface area contributed by atoms with Gasteiger partial charge in [0.25, 0.3) is 0 Å². The van der Waals surface area contributed by atoms with E-state index in [1.807, 2.05) is 19.2 Å². The van der Waals surface area contributed by atoms with Gasteiger partial charge in [-0.25, -0.2) is 0 Å². The van der Waals surface area contributed by atoms with Gasteiger partial charge in [-0.05, 0) is 25.0 Å². The van der Waals surface area contributed by atoms with Crippen LogP contribution in [0.15, 0.2) is 18.3 Å². The third-order valence-electron chi connectivity index (χ3n) is 1.50. The van der Waals surface area contributed by atoms with Crippen molar-refractivity contribution in [1.29, 1.82) is 0 Å². The quantitative estimate of drug-likeness (QED) is 0.518. The van der Waals surface area contributed by atoms with Crippen molar-refractivity contribution in [3.05, 3.63) is 29.6 Å². The van der Waals surface area contributed by atoms with Crippen molar-refractivity contribution in [2.75, 3.05) is 0 Å². The first kappa shape index (κ1) is 9.21. The van der Waals surface area contributed by atoms with Crippen molar-refractivity contribution in [1.82, 2.24) is 4.98 Å². The van der Waals surface area contributed by atoms with Crippen LogP contribution in [0.4, 0.5) is 0 Å². The molecule has 1 aromatic heterocycles. The Hall–Kier alpha value is -0.785. The molecule has 0 saturated carbocycles. The summed E-state index contributed by atoms with van der Waals surface area (Å²) < 4.78 is 0. The summed E-state index contributed by atoms with van der Waals surface area (Å²) in [6, 6.07) is 4.09. The summed E-state index contributed by atoms with van der Waals surface area (Å²) in [5.74, 6) is 0. The maximum absolute atomic E-state index is 4.15. The Bertz CT molecular complexity index is 198. The van der Waals surface area contributed by atoms with Crippen molar-refractivity contribution in [3.8, 4) is 0 Å². The van der Waals surface area contributed by atoms with Crippen LogP contribution in [0.25, 0.3) is 0 Å². The highest BCUT2D eigenvalue weighted by Gasteiger charge is 1.91. The van der Waals surface area contributed by atoms with Gasteiger partial charge in [0.2, 0.25) is 0 Å². The van der Waals surface area contributed by atoms with Gasteiger partial charge in [0.1, 0.15) is 0 Å². The monoisotopic (exact) mass is 135 g/mol. The predicted molar refractivity (Wildman–Crippen MR) is 48.3 cm³/mol. The molecule has 1 heterocycles. The van der Waals surface area contributed by atoms with Crippen LogP contribution in [0.5, 0.6) is 0 Å². The summed E-state index contributed by atoms with van der Waals surface area (Å²) in [6.45, 7) is 4.18. The average molecular weight is 135 g/mol. The molecule has 0 radical (unpaired) electrons. The van der Waals surface area contributed by atoms with Crippen molar-refractivity contribution in [3.63, 3.8) is 0 Å². The van der Waals surface area contributed by atoms with Crippen LogP contribution in [-0.4, -0.2) is 13.4 Å². The van der Waals surface area contributed by atoms with E-state index in [-0.39, 0.29) is 8.41 Å². The van der Waals surface area contributed by atoms with Crippen LogP contribution in [0.1, 0.15) is 18.2 Å². The van der Waals surface area contributed by atoms with Crippen molar-refractivity contribution in [2.24, 2.45) is 0 Å². The Morgan fingerprint density at radius 2 is 2.20 bits per heavy atom. The average Bonchev–Trinajstić information content (AvgIpc) is 1.89. The fraction of sp³-hybridized carbons (Fsp3) is 0.375. The van der Waals surface area contributed by atoms with Gasteiger partial charge in [-0.3, -0.25) is 4.98 Å². The van der Waals surface area contributed by atoms with Gasteiger partial charge in [-0.1, -0.05) is 13.0 Å². The fourth-order valence-corrected chi connectivity index (χ4v) is 0.891. The first-order valence-corrected chi connectivity index (χ1v) is 3.25. The molecule has 0 N–H and O–H groups in total. The number of hydrogen-bond donors (Lipinski definition) is 0. The lowest BCUT2D eigenvalue weighted by molar-refractivity contribution is 1.05. The molecule has 54 valence electrons. The van der Waals surface area contributed by atoms with Gasteiger partial charge < -0.3 is 0 Å². The minimum atomic E-state index is 0. The molecule has 0 atom stereocenters. The van der Waals surface area contributed by atoms with Crippen LogP contribution >= 0.6 is 0 Å². The molecule has 0 saturated heterocycles. The molecule has 0 fully saturated rings. The molecule has 1 rings (SSSR count). The zero-order valence-electron chi connectivity index (χ0n) is 5.89. The van der Waals surface area contributed by atoms with E-state index in [4.69, 9.17) is 0 Å². The van der Waals surface area contributed by atoms with E-state index >= 15 is 0 Å². The summed E-state index contributed by atoms with van der Waals surface area (Å²) in [7, 11) is 0. The topological polar surface area (TPSA) is 12.9 Å². The number of aromatic nitrogens is 1. The second-order valence-corrected chi connectivity index (χ2v) is 2.10. The Morgan fingerprint density at radius 1 is 1.50 bits per heavy atom. The van der Waals surface area contributed by atoms with Crippen molar-refractivity contribution in [2.45, 2.75) is 20.3 Å². The Balaban J connectivity index is 0.000000810. The molecule has 0 unspecified atom stereocenters. The molecule has 0 aliphatic heterocycles. The van der Waals surface area contributed by atoms with Gasteiger partial charge in [0.15, 0.2) is 0 Å². The van der Waals surface area contributed by atoms with Crippen LogP contribution in [-0.2, 0) is 6.42 Å². The van der Waals surface area contributed by atoms with E-state index in [9.17, 15) is 0 Å². The van der Waals surface area contributed by atoms with Gasteiger partial charge in [-0.2, -0.15) is 0 Å². The van der Waals surface area contributed by atoms with Crippen LogP contribution in [0.2, 0.25) is 0 Å². The molecular weight excluding hydrogens is 121 g/mol. The lowest BCUT2D eigenvalue weighted by Gasteiger charge is -1.97. The zero-order valence-corrected chi connectivity index (χ0v) is 5.89. The SMILES string of the molecule is B.CCc1cccnc1C. The molecule has 0 bridgehead atoms. The second kappa shape index (κ2) is 4.10. The number of pyridine rings is 1. The van der Waals surface area contributed by atoms with Gasteiger partial charge in [0.05, 0.1) is 8.41 Å². The summed E-state index contributed by atoms with van der Waals surface area (Å²) in [5, 5.41) is 0. The molecule has 2 heteroatoms. The van der Waals surface area contributed by atoms with Crippen LogP contribution < -0.4 is 0 Å². The maximum atomic E-state index is 4.15. The summed E-state index contributed by atoms with van der Waals surface area (Å²) >= 11 is 0. The van der Waals surface area contributed by atoms with Crippen molar-refractivity contribution >= 4 is 8.41 Å². The minimum Gasteiger partial charge on any atom is -0.261 e. The molecule has 1 aromatic rings. The van der Waals surface area contributed by atoms with Crippen molar-refractivity contribution < 1.29 is 0 Å². The largest absolute Gasteiger partial charge is 0.261 e. The number of aryl methyl sites for hydroxylation is 2. The molecule has 0 amide bonds. The van der Waals surface area contributed by atoms with E-state index < -0.39 is 0 Å². The van der Waals surface area contributed by atoms with Crippen LogP contribution in [0, 0.1) is 6.92 Å². The first-order valence-electron chi connectivity index (χ1n) is 3.25. The molecule has 10 heavy (non-hydrogen) atoms. The van der Waals surface area contributed by atoms with E-state index in [1.54, 1.807) is 0 Å². The highest BCUT2D eigenvalue weighted by atomic mass is 14.7. The number of rotatable bonds is 1. The highest BCUT2D eigenvalue weighted by Crippen LogP contribution is 2.02. The highest BCUT2D eigenvalue weighted by molar-refractivity contribution is 5.75. The fourth-order valence-electron chi connectivity index (χ4n) is 0.891. The second-order valence-electron chi connectivity index (χ2n) is 2.10. The Labute approximate surface area is 64.1 Å². The molecule has 0 aliphatic carbocycles. The molecule has 0 aliphatic rings. The van der Waals surface area contributed by atoms with E-state index in [1.165, 1.54) is 5.56 Å². The molecule has 0 aromatic carbocycles. The van der Waals surface area contributed by atoms with Crippen LogP contribution in [0.3, 0.4) is 0 Å². The first-order chi connectivity index (χ1) is 4.34. The summed E-state index contributed by atoms with van der Waals surface area (Å²) in [5.41, 5.74) is 2.50. The predicted octanol–water partition coefficient (Wildman–Crippen LogP) is 0.769. The smallest absolute Gasteiger partial charge is 0.0814 e. The zero-order chi connectivity index (χ0) is 6.69. The summed E-state index contributed by atoms with van der Waals surface area (Å²) in [4.78, 5) is 4.15. The molecule has 1 nitrogen and oxygen atoms in total. The maximum Gasteiger partial charge on any atom is 0.0814 e. The summed E-state index contributed by atoms with van der Waals surface area (Å²) in [6.07, 6.45) is 2.91. The number of hydrogen-bond acceptors (Lipinski definition) is 1. The van der Waals surface area contributed by atoms with E-state index in [0.29, 0.717) is 0 Å². The molecule has 0 spiro atoms. The van der Waals surface area contributed by atoms with E-state index in [2.05, 4.69) is 18.0 Å². The lowest BCUT2D eigenvalue weighted by Crippen LogP contribution is -1.87. The van der Waals surface area contributed by atoms with Gasteiger partial charge in [-0.15, -0.1) is 0 Å². The number of nitrogens with zero attached hydrogens (tertiary/aromatic N) is 1. The van der Waals surface area contributed by atoms with Gasteiger partial charge >= 0.3 is 0 Å². The third kappa shape index (κ3) is 1.87. The Kier molecular flexibility index (Phi) is 3.78.